The molecule has 0 aromatic heterocycles. The zero-order chi connectivity index (χ0) is 47.4. The summed E-state index contributed by atoms with van der Waals surface area (Å²) >= 11 is 0. The van der Waals surface area contributed by atoms with E-state index in [2.05, 4.69) is 10.9 Å². The van der Waals surface area contributed by atoms with Crippen LogP contribution in [0.3, 0.4) is 0 Å². The van der Waals surface area contributed by atoms with E-state index in [0.29, 0.717) is 35.4 Å². The van der Waals surface area contributed by atoms with Crippen molar-refractivity contribution in [2.45, 2.75) is 13.8 Å². The van der Waals surface area contributed by atoms with Crippen LogP contribution >= 0.6 is 0 Å². The second kappa shape index (κ2) is 18.2. The number of rotatable bonds is 16. The average molecular weight is 891 g/mol. The SMILES string of the molecule is Cc1cc(C)c(N([N]c2c([N+](=O)[O-])cc([N+](=O)[O-])cc2[N+](=O)[O-])c2ccc(-c3ccccc3)cc2)cc1N([N]c1c([N+](=O)[O-])cc([N+](=O)[O-])cc1[N+](=O)[O-])c1ccc(-c2ccccc2)cc1. The Morgan fingerprint density at radius 1 is 0.364 bits per heavy atom. The van der Waals surface area contributed by atoms with Crippen molar-refractivity contribution in [3.63, 3.8) is 0 Å². The maximum Gasteiger partial charge on any atom is 0.310 e. The first-order valence-electron chi connectivity index (χ1n) is 19.2. The molecule has 66 heavy (non-hydrogen) atoms. The predicted octanol–water partition coefficient (Wildman–Crippen LogP) is 11.1. The van der Waals surface area contributed by atoms with Gasteiger partial charge in [-0.2, -0.15) is 10.9 Å². The van der Waals surface area contributed by atoms with E-state index in [-0.39, 0.29) is 22.7 Å². The molecule has 0 heterocycles. The molecule has 0 saturated heterocycles. The van der Waals surface area contributed by atoms with Crippen LogP contribution in [0, 0.1) is 74.5 Å². The summed E-state index contributed by atoms with van der Waals surface area (Å²) < 4.78 is 0. The minimum absolute atomic E-state index is 0.0683. The van der Waals surface area contributed by atoms with Gasteiger partial charge in [0, 0.05) is 0 Å². The molecule has 0 atom stereocenters. The Hall–Kier alpha value is -9.86. The quantitative estimate of drug-likeness (QED) is 0.0644. The highest BCUT2D eigenvalue weighted by atomic mass is 16.6. The molecule has 0 fully saturated rings. The van der Waals surface area contributed by atoms with E-state index in [0.717, 1.165) is 32.3 Å². The lowest BCUT2D eigenvalue weighted by atomic mass is 10.0. The molecule has 0 spiro atoms. The minimum Gasteiger partial charge on any atom is -0.258 e. The van der Waals surface area contributed by atoms with Gasteiger partial charge in [0.05, 0.1) is 76.6 Å². The molecular formula is C44H30N10O12. The van der Waals surface area contributed by atoms with Crippen molar-refractivity contribution in [2.75, 3.05) is 10.0 Å². The molecule has 22 heteroatoms. The molecule has 0 saturated carbocycles. The minimum atomic E-state index is -1.07. The van der Waals surface area contributed by atoms with Crippen molar-refractivity contribution < 1.29 is 29.5 Å². The number of nitrogens with zero attached hydrogens (tertiary/aromatic N) is 10. The predicted molar refractivity (Wildman–Crippen MR) is 240 cm³/mol. The molecule has 7 aromatic rings. The number of hydrogen-bond acceptors (Lipinski definition) is 14. The Balaban J connectivity index is 1.48. The first-order chi connectivity index (χ1) is 31.5. The number of benzene rings is 7. The van der Waals surface area contributed by atoms with Gasteiger partial charge < -0.3 is 0 Å². The van der Waals surface area contributed by atoms with E-state index >= 15 is 0 Å². The Labute approximate surface area is 371 Å². The molecule has 0 aliphatic heterocycles. The molecule has 0 aliphatic carbocycles. The van der Waals surface area contributed by atoms with Gasteiger partial charge >= 0.3 is 22.7 Å². The fraction of sp³-hybridized carbons (Fsp3) is 0.0455. The van der Waals surface area contributed by atoms with Gasteiger partial charge in [0.25, 0.3) is 11.4 Å². The molecular weight excluding hydrogens is 861 g/mol. The van der Waals surface area contributed by atoms with E-state index in [9.17, 15) is 60.7 Å². The van der Waals surface area contributed by atoms with Gasteiger partial charge in [-0.1, -0.05) is 91.0 Å². The summed E-state index contributed by atoms with van der Waals surface area (Å²) in [5.74, 6) is 0. The van der Waals surface area contributed by atoms with Gasteiger partial charge in [0.15, 0.2) is 0 Å². The second-order valence-corrected chi connectivity index (χ2v) is 14.3. The maximum atomic E-state index is 12.5. The van der Waals surface area contributed by atoms with E-state index in [1.165, 1.54) is 6.07 Å². The molecule has 2 radical (unpaired) electrons. The van der Waals surface area contributed by atoms with Crippen molar-refractivity contribution in [1.29, 1.82) is 0 Å². The Bertz CT molecular complexity index is 2810. The van der Waals surface area contributed by atoms with Gasteiger partial charge in [-0.3, -0.25) is 60.7 Å². The van der Waals surface area contributed by atoms with Gasteiger partial charge in [0.2, 0.25) is 11.4 Å². The second-order valence-electron chi connectivity index (χ2n) is 14.3. The fourth-order valence-electron chi connectivity index (χ4n) is 6.99. The van der Waals surface area contributed by atoms with Crippen molar-refractivity contribution >= 4 is 68.2 Å². The molecule has 22 nitrogen and oxygen atoms in total. The van der Waals surface area contributed by atoms with Crippen molar-refractivity contribution in [3.05, 3.63) is 217 Å². The molecule has 7 rings (SSSR count). The van der Waals surface area contributed by atoms with Crippen LogP contribution in [0.2, 0.25) is 0 Å². The maximum absolute atomic E-state index is 12.5. The Morgan fingerprint density at radius 3 is 0.924 bits per heavy atom. The van der Waals surface area contributed by atoms with Crippen LogP contribution in [0.4, 0.5) is 68.2 Å². The highest BCUT2D eigenvalue weighted by Gasteiger charge is 2.36. The summed E-state index contributed by atoms with van der Waals surface area (Å²) in [4.78, 5) is 67.1. The van der Waals surface area contributed by atoms with Crippen molar-refractivity contribution in [2.24, 2.45) is 0 Å². The van der Waals surface area contributed by atoms with Crippen molar-refractivity contribution in [3.8, 4) is 22.3 Å². The van der Waals surface area contributed by atoms with Crippen LogP contribution < -0.4 is 20.9 Å². The highest BCUT2D eigenvalue weighted by Crippen LogP contribution is 2.45. The van der Waals surface area contributed by atoms with Crippen LogP contribution in [-0.2, 0) is 0 Å². The largest absolute Gasteiger partial charge is 0.310 e. The normalized spacial score (nSPS) is 10.7. The van der Waals surface area contributed by atoms with Gasteiger partial charge in [-0.05, 0) is 77.6 Å². The Morgan fingerprint density at radius 2 is 0.652 bits per heavy atom. The average Bonchev–Trinajstić information content (AvgIpc) is 3.30. The molecule has 0 aliphatic rings. The van der Waals surface area contributed by atoms with Crippen LogP contribution in [0.5, 0.6) is 0 Å². The first kappa shape index (κ1) is 44.2. The van der Waals surface area contributed by atoms with Crippen LogP contribution in [0.15, 0.2) is 146 Å². The summed E-state index contributed by atoms with van der Waals surface area (Å²) in [5.41, 5.74) is 5.41. The van der Waals surface area contributed by atoms with E-state index in [1.54, 1.807) is 68.4 Å². The van der Waals surface area contributed by atoms with E-state index < -0.39 is 75.0 Å². The smallest absolute Gasteiger partial charge is 0.258 e. The summed E-state index contributed by atoms with van der Waals surface area (Å²) in [6.45, 7) is 3.24. The van der Waals surface area contributed by atoms with Crippen LogP contribution in [-0.4, -0.2) is 29.5 Å². The lowest BCUT2D eigenvalue weighted by Crippen LogP contribution is -2.28. The summed E-state index contributed by atoms with van der Waals surface area (Å²) in [7, 11) is 0. The van der Waals surface area contributed by atoms with E-state index in [1.807, 2.05) is 60.7 Å². The summed E-state index contributed by atoms with van der Waals surface area (Å²) in [5, 5.41) is 75.6. The zero-order valence-electron chi connectivity index (χ0n) is 34.2. The van der Waals surface area contributed by atoms with Crippen LogP contribution in [0.1, 0.15) is 11.1 Å². The number of nitro benzene ring substituents is 6. The standard InChI is InChI=1S/C44H30N10O12/c1-27-21-28(2)38(48(34-19-15-32(16-20-34)30-11-7-4-8-12-30)46-44-41(53(63)64)24-36(50(57)58)25-42(44)54(65)66)26-37(27)47(33-17-13-31(14-18-33)29-9-5-3-6-10-29)45-43-39(51(59)60)22-35(49(55)56)23-40(43)52(61)62/h3-26H,1-2H3. The summed E-state index contributed by atoms with van der Waals surface area (Å²) in [6, 6.07) is 36.6. The first-order valence-corrected chi connectivity index (χ1v) is 19.2. The third kappa shape index (κ3) is 9.03. The molecule has 0 N–H and O–H groups in total. The molecule has 328 valence electrons. The summed E-state index contributed by atoms with van der Waals surface area (Å²) in [6.07, 6.45) is 0. The number of non-ortho nitro benzene ring substituents is 2. The number of nitro groups is 6. The Kier molecular flexibility index (Phi) is 12.2. The van der Waals surface area contributed by atoms with Crippen molar-refractivity contribution in [1.82, 2.24) is 10.9 Å². The number of anilines is 4. The van der Waals surface area contributed by atoms with Gasteiger partial charge in [-0.15, -0.1) is 0 Å². The highest BCUT2D eigenvalue weighted by molar-refractivity contribution is 5.83. The zero-order valence-corrected chi connectivity index (χ0v) is 34.2. The third-order valence-electron chi connectivity index (χ3n) is 10.1. The van der Waals surface area contributed by atoms with Gasteiger partial charge in [-0.25, -0.2) is 10.0 Å². The lowest BCUT2D eigenvalue weighted by molar-refractivity contribution is -0.402. The molecule has 0 bridgehead atoms. The number of aryl methyl sites for hydroxylation is 2. The lowest BCUT2D eigenvalue weighted by Gasteiger charge is -2.30. The fourth-order valence-corrected chi connectivity index (χ4v) is 6.99. The number of hydrogen-bond donors (Lipinski definition) is 0. The van der Waals surface area contributed by atoms with Gasteiger partial charge in [0.1, 0.15) is 0 Å². The molecule has 0 amide bonds. The van der Waals surface area contributed by atoms with Crippen LogP contribution in [0.25, 0.3) is 22.3 Å². The monoisotopic (exact) mass is 890 g/mol. The molecule has 0 unspecified atom stereocenters. The van der Waals surface area contributed by atoms with E-state index in [4.69, 9.17) is 0 Å². The third-order valence-corrected chi connectivity index (χ3v) is 10.1. The topological polar surface area (TPSA) is 294 Å². The molecule has 7 aromatic carbocycles.